The fraction of sp³-hybridized carbons (Fsp3) is 0.636. The molecule has 0 saturated carbocycles. The van der Waals surface area contributed by atoms with Gasteiger partial charge in [0.1, 0.15) is 12.7 Å². The Labute approximate surface area is 218 Å². The molecule has 1 aliphatic heterocycles. The van der Waals surface area contributed by atoms with E-state index in [0.717, 1.165) is 11.7 Å². The molecular formula is C22H34N4O10S. The molecule has 0 aliphatic carbocycles. The summed E-state index contributed by atoms with van der Waals surface area (Å²) in [6.07, 6.45) is -0.474. The molecule has 0 bridgehead atoms. The molecule has 0 unspecified atom stereocenters. The second-order valence-electron chi connectivity index (χ2n) is 8.75. The quantitative estimate of drug-likeness (QED) is 0.260. The van der Waals surface area contributed by atoms with Crippen molar-refractivity contribution in [2.24, 2.45) is 0 Å². The smallest absolute Gasteiger partial charge is 0.347 e. The molecule has 208 valence electrons. The van der Waals surface area contributed by atoms with Gasteiger partial charge in [0.25, 0.3) is 5.88 Å². The summed E-state index contributed by atoms with van der Waals surface area (Å²) in [5, 5.41) is 18.9. The number of aliphatic carboxylic acids is 2. The molecular weight excluding hydrogens is 512 g/mol. The molecule has 37 heavy (non-hydrogen) atoms. The highest BCUT2D eigenvalue weighted by Gasteiger charge is 2.26. The van der Waals surface area contributed by atoms with Crippen LogP contribution in [0, 0.1) is 0 Å². The summed E-state index contributed by atoms with van der Waals surface area (Å²) < 4.78 is 30.2. The molecule has 0 radical (unpaired) electrons. The van der Waals surface area contributed by atoms with Gasteiger partial charge in [-0.25, -0.2) is 14.4 Å². The third-order valence-electron chi connectivity index (χ3n) is 4.34. The fourth-order valence-corrected chi connectivity index (χ4v) is 3.18. The number of aromatic nitrogens is 2. The Kier molecular flexibility index (Phi) is 13.5. The zero-order valence-electron chi connectivity index (χ0n) is 21.5. The lowest BCUT2D eigenvalue weighted by molar-refractivity contribution is -0.170. The minimum Gasteiger partial charge on any atom is -0.478 e. The predicted molar refractivity (Wildman–Crippen MR) is 132 cm³/mol. The van der Waals surface area contributed by atoms with E-state index in [0.29, 0.717) is 56.7 Å². The van der Waals surface area contributed by atoms with Crippen molar-refractivity contribution in [2.75, 3.05) is 44.4 Å². The van der Waals surface area contributed by atoms with Crippen LogP contribution in [0.4, 0.5) is 5.82 Å². The lowest BCUT2D eigenvalue weighted by atomic mass is 10.1. The fourth-order valence-electron chi connectivity index (χ4n) is 2.66. The predicted octanol–water partition coefficient (Wildman–Crippen LogP) is 0.717. The third kappa shape index (κ3) is 14.1. The zero-order chi connectivity index (χ0) is 28.0. The van der Waals surface area contributed by atoms with Crippen molar-refractivity contribution < 1.29 is 48.3 Å². The number of carboxylic acids is 2. The van der Waals surface area contributed by atoms with Crippen molar-refractivity contribution in [1.29, 1.82) is 0 Å². The Balaban J connectivity index is 0.000000738. The van der Waals surface area contributed by atoms with Gasteiger partial charge < -0.3 is 39.4 Å². The van der Waals surface area contributed by atoms with Crippen LogP contribution < -0.4 is 15.0 Å². The largest absolute Gasteiger partial charge is 0.478 e. The Morgan fingerprint density at radius 3 is 2.22 bits per heavy atom. The molecule has 0 spiro atoms. The van der Waals surface area contributed by atoms with Crippen LogP contribution in [0.5, 0.6) is 5.88 Å². The van der Waals surface area contributed by atoms with Crippen LogP contribution in [-0.4, -0.2) is 100 Å². The van der Waals surface area contributed by atoms with Crippen LogP contribution in [-0.2, 0) is 33.4 Å². The molecule has 2 rings (SSSR count). The third-order valence-corrected chi connectivity index (χ3v) is 4.85. The molecule has 1 saturated heterocycles. The summed E-state index contributed by atoms with van der Waals surface area (Å²) in [6, 6.07) is 0. The first-order valence-corrected chi connectivity index (χ1v) is 12.1. The van der Waals surface area contributed by atoms with Gasteiger partial charge in [-0.1, -0.05) is 0 Å². The average Bonchev–Trinajstić information content (AvgIpc) is 3.28. The Hall–Kier alpha value is -3.30. The Morgan fingerprint density at radius 2 is 1.70 bits per heavy atom. The minimum absolute atomic E-state index is 0.0877. The van der Waals surface area contributed by atoms with E-state index >= 15 is 0 Å². The first-order valence-electron chi connectivity index (χ1n) is 11.3. The van der Waals surface area contributed by atoms with Crippen LogP contribution in [0.2, 0.25) is 0 Å². The maximum atomic E-state index is 12.3. The number of hydrogen-bond donors (Lipinski definition) is 3. The number of nitrogens with one attached hydrogen (secondary N) is 1. The van der Waals surface area contributed by atoms with Gasteiger partial charge in [0.2, 0.25) is 5.82 Å². The van der Waals surface area contributed by atoms with Crippen LogP contribution >= 0.6 is 11.7 Å². The van der Waals surface area contributed by atoms with Gasteiger partial charge in [-0.2, -0.15) is 4.37 Å². The maximum Gasteiger partial charge on any atom is 0.347 e. The lowest BCUT2D eigenvalue weighted by Gasteiger charge is -2.28. The first kappa shape index (κ1) is 31.7. The monoisotopic (exact) mass is 546 g/mol. The van der Waals surface area contributed by atoms with Crippen LogP contribution in [0.3, 0.4) is 0 Å². The van der Waals surface area contributed by atoms with Gasteiger partial charge in [-0.15, -0.1) is 4.37 Å². The van der Waals surface area contributed by atoms with Crippen molar-refractivity contribution in [3.05, 3.63) is 12.2 Å². The molecule has 1 fully saturated rings. The molecule has 1 aliphatic rings. The van der Waals surface area contributed by atoms with Crippen molar-refractivity contribution in [1.82, 2.24) is 14.1 Å². The lowest BCUT2D eigenvalue weighted by Crippen LogP contribution is -2.45. The number of nitrogens with zero attached hydrogens (tertiary/aromatic N) is 3. The van der Waals surface area contributed by atoms with Gasteiger partial charge in [0, 0.05) is 44.2 Å². The molecule has 2 atom stereocenters. The standard InChI is InChI=1S/C18H30N4O6S.C4H4O4/c1-12(27-13(2)23)17(24)28-14(10-19-18(3,4)5)11-26-16-15(20-29-21-16)22-6-8-25-9-7-22;5-3(6)1-2-4(7)8/h12,14,19H,6-11H2,1-5H3;1-2H,(H,5,6)(H,7,8)/b;2-1-/t12-,14-;/m0./s1. The second-order valence-corrected chi connectivity index (χ2v) is 9.28. The van der Waals surface area contributed by atoms with Crippen LogP contribution in [0.1, 0.15) is 34.6 Å². The molecule has 3 N–H and O–H groups in total. The topological polar surface area (TPSA) is 187 Å². The maximum absolute atomic E-state index is 12.3. The van der Waals surface area contributed by atoms with E-state index in [-0.39, 0.29) is 12.1 Å². The van der Waals surface area contributed by atoms with Crippen molar-refractivity contribution in [3.8, 4) is 5.88 Å². The second kappa shape index (κ2) is 15.7. The number of ether oxygens (including phenoxy) is 4. The van der Waals surface area contributed by atoms with E-state index in [2.05, 4.69) is 19.0 Å². The summed E-state index contributed by atoms with van der Waals surface area (Å²) in [6.45, 7) is 11.9. The van der Waals surface area contributed by atoms with Crippen molar-refractivity contribution in [3.63, 3.8) is 0 Å². The van der Waals surface area contributed by atoms with E-state index < -0.39 is 36.1 Å². The van der Waals surface area contributed by atoms with E-state index in [1.807, 2.05) is 20.8 Å². The molecule has 1 aromatic heterocycles. The summed E-state index contributed by atoms with van der Waals surface area (Å²) in [4.78, 5) is 44.5. The van der Waals surface area contributed by atoms with Crippen molar-refractivity contribution >= 4 is 41.4 Å². The number of esters is 2. The molecule has 14 nitrogen and oxygen atoms in total. The number of rotatable bonds is 11. The number of hydrogen-bond acceptors (Lipinski definition) is 13. The van der Waals surface area contributed by atoms with E-state index in [9.17, 15) is 19.2 Å². The van der Waals surface area contributed by atoms with Crippen LogP contribution in [0.25, 0.3) is 0 Å². The molecule has 0 amide bonds. The van der Waals surface area contributed by atoms with Crippen molar-refractivity contribution in [2.45, 2.75) is 52.4 Å². The number of morpholine rings is 1. The van der Waals surface area contributed by atoms with Gasteiger partial charge in [0.05, 0.1) is 24.9 Å². The van der Waals surface area contributed by atoms with E-state index in [1.54, 1.807) is 0 Å². The highest BCUT2D eigenvalue weighted by atomic mass is 32.1. The summed E-state index contributed by atoms with van der Waals surface area (Å²) in [5.74, 6) is -2.62. The highest BCUT2D eigenvalue weighted by Crippen LogP contribution is 2.26. The number of carbonyl (C=O) groups is 4. The van der Waals surface area contributed by atoms with E-state index in [1.165, 1.54) is 13.8 Å². The summed E-state index contributed by atoms with van der Waals surface area (Å²) >= 11 is 1.07. The SMILES string of the molecule is CC(=O)O[C@@H](C)C(=O)O[C@@H](CNC(C)(C)C)COc1nsnc1N1CCOCC1.O=C(O)/C=C\C(=O)O. The molecule has 15 heteroatoms. The normalized spacial score (nSPS) is 15.2. The van der Waals surface area contributed by atoms with Gasteiger partial charge >= 0.3 is 23.9 Å². The first-order chi connectivity index (χ1) is 17.3. The average molecular weight is 547 g/mol. The van der Waals surface area contributed by atoms with Gasteiger partial charge in [-0.05, 0) is 27.7 Å². The van der Waals surface area contributed by atoms with Gasteiger partial charge in [0.15, 0.2) is 6.10 Å². The zero-order valence-corrected chi connectivity index (χ0v) is 22.3. The Bertz CT molecular complexity index is 909. The van der Waals surface area contributed by atoms with Gasteiger partial charge in [-0.3, -0.25) is 4.79 Å². The van der Waals surface area contributed by atoms with E-state index in [4.69, 9.17) is 29.2 Å². The van der Waals surface area contributed by atoms with Crippen LogP contribution in [0.15, 0.2) is 12.2 Å². The summed E-state index contributed by atoms with van der Waals surface area (Å²) in [5.41, 5.74) is -0.173. The highest BCUT2D eigenvalue weighted by molar-refractivity contribution is 6.99. The molecule has 1 aromatic rings. The summed E-state index contributed by atoms with van der Waals surface area (Å²) in [7, 11) is 0. The molecule has 2 heterocycles. The minimum atomic E-state index is -1.26. The Morgan fingerprint density at radius 1 is 1.11 bits per heavy atom. The molecule has 0 aromatic carbocycles. The number of anilines is 1. The number of carboxylic acid groups (broad SMARTS) is 2. The number of carbonyl (C=O) groups excluding carboxylic acids is 2.